The first-order valence-electron chi connectivity index (χ1n) is 5.57. The lowest BCUT2D eigenvalue weighted by Gasteiger charge is -2.18. The maximum atomic E-state index is 5.94. The monoisotopic (exact) mass is 287 g/mol. The predicted octanol–water partition coefficient (Wildman–Crippen LogP) is 4.22. The van der Waals surface area contributed by atoms with Crippen molar-refractivity contribution in [3.8, 4) is 0 Å². The molecule has 2 aromatic rings. The van der Waals surface area contributed by atoms with Crippen LogP contribution in [0.3, 0.4) is 0 Å². The summed E-state index contributed by atoms with van der Waals surface area (Å²) in [5.41, 5.74) is 1.51. The van der Waals surface area contributed by atoms with E-state index in [1.807, 2.05) is 11.8 Å². The molecule has 0 saturated carbocycles. The highest BCUT2D eigenvalue weighted by Crippen LogP contribution is 2.37. The first kappa shape index (κ1) is 11.6. The molecule has 17 heavy (non-hydrogen) atoms. The first-order valence-corrected chi connectivity index (χ1v) is 7.38. The minimum Gasteiger partial charge on any atom is -0.340 e. The van der Waals surface area contributed by atoms with Gasteiger partial charge in [0.2, 0.25) is 0 Å². The lowest BCUT2D eigenvalue weighted by atomic mass is 10.2. The number of thioether (sulfide) groups is 1. The van der Waals surface area contributed by atoms with Crippen molar-refractivity contribution in [2.45, 2.75) is 24.5 Å². The summed E-state index contributed by atoms with van der Waals surface area (Å²) in [6, 6.07) is 1.79. The molecular formula is C11H11Cl2N3S. The molecule has 1 unspecified atom stereocenters. The number of pyridine rings is 1. The maximum Gasteiger partial charge on any atom is 0.179 e. The molecule has 1 N–H and O–H groups in total. The quantitative estimate of drug-likeness (QED) is 0.799. The smallest absolute Gasteiger partial charge is 0.179 e. The molecule has 6 heteroatoms. The zero-order chi connectivity index (χ0) is 11.8. The van der Waals surface area contributed by atoms with E-state index < -0.39 is 0 Å². The van der Waals surface area contributed by atoms with Gasteiger partial charge < -0.3 is 4.98 Å². The Morgan fingerprint density at radius 3 is 2.94 bits per heavy atom. The summed E-state index contributed by atoms with van der Waals surface area (Å²) in [4.78, 5) is 12.0. The third kappa shape index (κ3) is 2.26. The molecule has 1 saturated heterocycles. The number of rotatable bonds is 1. The van der Waals surface area contributed by atoms with E-state index in [0.717, 1.165) is 11.3 Å². The number of hydrogen-bond acceptors (Lipinski definition) is 3. The summed E-state index contributed by atoms with van der Waals surface area (Å²) in [6.45, 7) is 0. The van der Waals surface area contributed by atoms with Crippen LogP contribution in [0.15, 0.2) is 6.07 Å². The number of aromatic nitrogens is 3. The molecule has 1 aliphatic rings. The van der Waals surface area contributed by atoms with E-state index in [1.54, 1.807) is 6.07 Å². The Balaban J connectivity index is 2.00. The SMILES string of the molecule is Clc1cc2[nH]c(C3CCCCS3)nc2nc1Cl. The molecule has 0 radical (unpaired) electrons. The molecule has 0 spiro atoms. The van der Waals surface area contributed by atoms with E-state index in [2.05, 4.69) is 15.0 Å². The Kier molecular flexibility index (Phi) is 3.19. The van der Waals surface area contributed by atoms with Crippen LogP contribution in [-0.2, 0) is 0 Å². The number of imidazole rings is 1. The second kappa shape index (κ2) is 4.67. The van der Waals surface area contributed by atoms with Crippen molar-refractivity contribution in [1.82, 2.24) is 15.0 Å². The van der Waals surface area contributed by atoms with Crippen LogP contribution >= 0.6 is 35.0 Å². The van der Waals surface area contributed by atoms with Gasteiger partial charge in [-0.1, -0.05) is 29.6 Å². The average molecular weight is 288 g/mol. The van der Waals surface area contributed by atoms with Crippen molar-refractivity contribution in [2.24, 2.45) is 0 Å². The molecule has 1 fully saturated rings. The number of nitrogens with zero attached hydrogens (tertiary/aromatic N) is 2. The van der Waals surface area contributed by atoms with Gasteiger partial charge in [-0.15, -0.1) is 0 Å². The second-order valence-electron chi connectivity index (χ2n) is 4.11. The van der Waals surface area contributed by atoms with Crippen molar-refractivity contribution in [2.75, 3.05) is 5.75 Å². The summed E-state index contributed by atoms with van der Waals surface area (Å²) in [6.07, 6.45) is 3.74. The molecule has 0 bridgehead atoms. The average Bonchev–Trinajstić information content (AvgIpc) is 2.74. The molecule has 1 aliphatic heterocycles. The number of aromatic amines is 1. The van der Waals surface area contributed by atoms with E-state index in [9.17, 15) is 0 Å². The van der Waals surface area contributed by atoms with Gasteiger partial charge in [0.1, 0.15) is 11.0 Å². The van der Waals surface area contributed by atoms with Crippen molar-refractivity contribution < 1.29 is 0 Å². The third-order valence-electron chi connectivity index (χ3n) is 2.89. The lowest BCUT2D eigenvalue weighted by Crippen LogP contribution is -2.03. The van der Waals surface area contributed by atoms with Crippen LogP contribution in [0, 0.1) is 0 Å². The van der Waals surface area contributed by atoms with E-state index in [1.165, 1.54) is 25.0 Å². The Morgan fingerprint density at radius 1 is 1.29 bits per heavy atom. The number of nitrogens with one attached hydrogen (secondary N) is 1. The first-order chi connectivity index (χ1) is 8.24. The topological polar surface area (TPSA) is 41.6 Å². The summed E-state index contributed by atoms with van der Waals surface area (Å²) >= 11 is 13.8. The van der Waals surface area contributed by atoms with Gasteiger partial charge in [-0.2, -0.15) is 11.8 Å². The highest BCUT2D eigenvalue weighted by Gasteiger charge is 2.20. The summed E-state index contributed by atoms with van der Waals surface area (Å²) in [5, 5.41) is 1.23. The maximum absolute atomic E-state index is 5.94. The highest BCUT2D eigenvalue weighted by atomic mass is 35.5. The Morgan fingerprint density at radius 2 is 2.18 bits per heavy atom. The van der Waals surface area contributed by atoms with Gasteiger partial charge in [0, 0.05) is 0 Å². The molecule has 3 rings (SSSR count). The van der Waals surface area contributed by atoms with Gasteiger partial charge >= 0.3 is 0 Å². The van der Waals surface area contributed by atoms with Crippen LogP contribution in [0.2, 0.25) is 10.2 Å². The largest absolute Gasteiger partial charge is 0.340 e. The fourth-order valence-electron chi connectivity index (χ4n) is 2.02. The van der Waals surface area contributed by atoms with Crippen LogP contribution in [0.4, 0.5) is 0 Å². The summed E-state index contributed by atoms with van der Waals surface area (Å²) in [5.74, 6) is 2.20. The molecule has 3 heterocycles. The Hall–Kier alpha value is -0.450. The van der Waals surface area contributed by atoms with Crippen LogP contribution in [0.25, 0.3) is 11.2 Å². The zero-order valence-corrected chi connectivity index (χ0v) is 11.4. The lowest BCUT2D eigenvalue weighted by molar-refractivity contribution is 0.668. The molecule has 2 aromatic heterocycles. The predicted molar refractivity (Wildman–Crippen MR) is 73.0 cm³/mol. The second-order valence-corrected chi connectivity index (χ2v) is 6.19. The number of hydrogen-bond donors (Lipinski definition) is 1. The molecule has 1 atom stereocenters. The van der Waals surface area contributed by atoms with Crippen LogP contribution in [-0.4, -0.2) is 20.7 Å². The summed E-state index contributed by atoms with van der Waals surface area (Å²) < 4.78 is 0. The van der Waals surface area contributed by atoms with Crippen molar-refractivity contribution >= 4 is 46.1 Å². The third-order valence-corrected chi connectivity index (χ3v) is 4.95. The summed E-state index contributed by atoms with van der Waals surface area (Å²) in [7, 11) is 0. The molecule has 90 valence electrons. The number of halogens is 2. The Labute approximate surface area is 113 Å². The molecule has 0 amide bonds. The van der Waals surface area contributed by atoms with Crippen molar-refractivity contribution in [3.63, 3.8) is 0 Å². The van der Waals surface area contributed by atoms with E-state index in [-0.39, 0.29) is 0 Å². The van der Waals surface area contributed by atoms with E-state index >= 15 is 0 Å². The Bertz CT molecular complexity index is 510. The highest BCUT2D eigenvalue weighted by molar-refractivity contribution is 7.99. The van der Waals surface area contributed by atoms with Crippen molar-refractivity contribution in [1.29, 1.82) is 0 Å². The van der Waals surface area contributed by atoms with Gasteiger partial charge in [0.15, 0.2) is 5.65 Å². The zero-order valence-electron chi connectivity index (χ0n) is 9.04. The van der Waals surface area contributed by atoms with Gasteiger partial charge in [0.25, 0.3) is 0 Å². The van der Waals surface area contributed by atoms with Gasteiger partial charge in [-0.25, -0.2) is 9.97 Å². The minimum atomic E-state index is 0.313. The molecule has 0 aliphatic carbocycles. The van der Waals surface area contributed by atoms with Gasteiger partial charge in [0.05, 0.1) is 15.8 Å². The molecule has 3 nitrogen and oxygen atoms in total. The fraction of sp³-hybridized carbons (Fsp3) is 0.455. The van der Waals surface area contributed by atoms with Crippen LogP contribution in [0.5, 0.6) is 0 Å². The van der Waals surface area contributed by atoms with Crippen LogP contribution < -0.4 is 0 Å². The molecule has 0 aromatic carbocycles. The fourth-order valence-corrected chi connectivity index (χ4v) is 3.57. The number of H-pyrrole nitrogens is 1. The number of fused-ring (bicyclic) bond motifs is 1. The van der Waals surface area contributed by atoms with Crippen LogP contribution in [0.1, 0.15) is 30.3 Å². The minimum absolute atomic E-state index is 0.313. The van der Waals surface area contributed by atoms with E-state index in [0.29, 0.717) is 21.1 Å². The van der Waals surface area contributed by atoms with Crippen molar-refractivity contribution in [3.05, 3.63) is 22.1 Å². The molecular weight excluding hydrogens is 277 g/mol. The van der Waals surface area contributed by atoms with E-state index in [4.69, 9.17) is 23.2 Å². The normalized spacial score (nSPS) is 20.9. The van der Waals surface area contributed by atoms with Gasteiger partial charge in [-0.3, -0.25) is 0 Å². The standard InChI is InChI=1S/C11H11Cl2N3S/c12-6-5-7-10(15-9(6)13)16-11(14-7)8-3-1-2-4-17-8/h5,8H,1-4H2,(H,14,15,16). The van der Waals surface area contributed by atoms with Gasteiger partial charge in [-0.05, 0) is 24.7 Å².